The molecule has 2 aliphatic rings. The summed E-state index contributed by atoms with van der Waals surface area (Å²) in [6.07, 6.45) is 3.82. The number of hydrogen-bond donors (Lipinski definition) is 1. The number of piperidine rings is 1. The Morgan fingerprint density at radius 1 is 1.31 bits per heavy atom. The van der Waals surface area contributed by atoms with Crippen molar-refractivity contribution in [3.63, 3.8) is 0 Å². The molecule has 16 heavy (non-hydrogen) atoms. The van der Waals surface area contributed by atoms with Crippen molar-refractivity contribution in [2.45, 2.75) is 32.2 Å². The summed E-state index contributed by atoms with van der Waals surface area (Å²) in [6, 6.07) is 0.460. The van der Waals surface area contributed by atoms with E-state index in [1.54, 1.807) is 0 Å². The van der Waals surface area contributed by atoms with Gasteiger partial charge >= 0.3 is 0 Å². The SMILES string of the molecule is CC1CC1CN(C)CCN1CCC(N)CC1. The number of likely N-dealkylation sites (N-methyl/N-ethyl adjacent to an activating group) is 1. The lowest BCUT2D eigenvalue weighted by Gasteiger charge is -2.31. The summed E-state index contributed by atoms with van der Waals surface area (Å²) in [6.45, 7) is 8.52. The van der Waals surface area contributed by atoms with Gasteiger partial charge in [-0.1, -0.05) is 6.92 Å². The van der Waals surface area contributed by atoms with Gasteiger partial charge in [-0.15, -0.1) is 0 Å². The van der Waals surface area contributed by atoms with Crippen LogP contribution < -0.4 is 5.73 Å². The van der Waals surface area contributed by atoms with E-state index in [9.17, 15) is 0 Å². The van der Waals surface area contributed by atoms with E-state index >= 15 is 0 Å². The number of nitrogens with zero attached hydrogens (tertiary/aromatic N) is 2. The Morgan fingerprint density at radius 2 is 1.94 bits per heavy atom. The van der Waals surface area contributed by atoms with Crippen molar-refractivity contribution in [2.24, 2.45) is 17.6 Å². The fraction of sp³-hybridized carbons (Fsp3) is 1.00. The average molecular weight is 225 g/mol. The first-order valence-electron chi connectivity index (χ1n) is 6.81. The van der Waals surface area contributed by atoms with Gasteiger partial charge in [0.05, 0.1) is 0 Å². The predicted molar refractivity (Wildman–Crippen MR) is 68.4 cm³/mol. The molecule has 2 atom stereocenters. The van der Waals surface area contributed by atoms with Crippen molar-refractivity contribution in [1.82, 2.24) is 9.80 Å². The van der Waals surface area contributed by atoms with Crippen LogP contribution in [0.4, 0.5) is 0 Å². The van der Waals surface area contributed by atoms with Gasteiger partial charge in [-0.2, -0.15) is 0 Å². The highest BCUT2D eigenvalue weighted by atomic mass is 15.2. The van der Waals surface area contributed by atoms with Crippen LogP contribution >= 0.6 is 0 Å². The van der Waals surface area contributed by atoms with Crippen LogP contribution in [0.2, 0.25) is 0 Å². The zero-order valence-electron chi connectivity index (χ0n) is 10.9. The Bertz CT molecular complexity index is 211. The molecule has 1 heterocycles. The van der Waals surface area contributed by atoms with Gasteiger partial charge in [0, 0.05) is 25.7 Å². The van der Waals surface area contributed by atoms with Gasteiger partial charge in [0.1, 0.15) is 0 Å². The standard InChI is InChI=1S/C13H27N3/c1-11-9-12(11)10-15(2)7-8-16-5-3-13(14)4-6-16/h11-13H,3-10,14H2,1-2H3. The number of nitrogens with two attached hydrogens (primary N) is 1. The molecule has 0 amide bonds. The first-order chi connectivity index (χ1) is 7.65. The van der Waals surface area contributed by atoms with Crippen molar-refractivity contribution < 1.29 is 0 Å². The lowest BCUT2D eigenvalue weighted by atomic mass is 10.1. The largest absolute Gasteiger partial charge is 0.328 e. The lowest BCUT2D eigenvalue weighted by molar-refractivity contribution is 0.183. The second-order valence-electron chi connectivity index (χ2n) is 5.91. The van der Waals surface area contributed by atoms with E-state index in [-0.39, 0.29) is 0 Å². The fourth-order valence-electron chi connectivity index (χ4n) is 2.63. The van der Waals surface area contributed by atoms with Gasteiger partial charge < -0.3 is 15.5 Å². The first-order valence-corrected chi connectivity index (χ1v) is 6.81. The van der Waals surface area contributed by atoms with Crippen LogP contribution in [0.1, 0.15) is 26.2 Å². The molecule has 2 rings (SSSR count). The zero-order valence-corrected chi connectivity index (χ0v) is 10.9. The molecule has 0 bridgehead atoms. The van der Waals surface area contributed by atoms with Gasteiger partial charge in [-0.25, -0.2) is 0 Å². The van der Waals surface area contributed by atoms with Gasteiger partial charge in [0.15, 0.2) is 0 Å². The molecule has 2 N–H and O–H groups in total. The minimum absolute atomic E-state index is 0.460. The molecule has 2 unspecified atom stereocenters. The molecule has 3 nitrogen and oxygen atoms in total. The van der Waals surface area contributed by atoms with Crippen LogP contribution in [0.5, 0.6) is 0 Å². The monoisotopic (exact) mass is 225 g/mol. The second-order valence-corrected chi connectivity index (χ2v) is 5.91. The molecule has 2 fully saturated rings. The molecule has 0 radical (unpaired) electrons. The minimum atomic E-state index is 0.460. The van der Waals surface area contributed by atoms with Crippen LogP contribution in [0.3, 0.4) is 0 Å². The maximum absolute atomic E-state index is 5.91. The maximum Gasteiger partial charge on any atom is 0.0109 e. The molecule has 1 aliphatic heterocycles. The molecule has 3 heteroatoms. The number of likely N-dealkylation sites (tertiary alicyclic amines) is 1. The van der Waals surface area contributed by atoms with Crippen molar-refractivity contribution in [3.05, 3.63) is 0 Å². The van der Waals surface area contributed by atoms with E-state index in [1.807, 2.05) is 0 Å². The molecule has 1 saturated heterocycles. The van der Waals surface area contributed by atoms with Gasteiger partial charge in [-0.05, 0) is 51.2 Å². The number of hydrogen-bond acceptors (Lipinski definition) is 3. The normalized spacial score (nSPS) is 32.2. The summed E-state index contributed by atoms with van der Waals surface area (Å²) >= 11 is 0. The van der Waals surface area contributed by atoms with Crippen molar-refractivity contribution in [3.8, 4) is 0 Å². The van der Waals surface area contributed by atoms with Crippen LogP contribution in [0.15, 0.2) is 0 Å². The summed E-state index contributed by atoms with van der Waals surface area (Å²) in [5, 5.41) is 0. The van der Waals surface area contributed by atoms with Crippen LogP contribution in [0, 0.1) is 11.8 Å². The van der Waals surface area contributed by atoms with Crippen LogP contribution in [-0.4, -0.2) is 55.6 Å². The van der Waals surface area contributed by atoms with E-state index in [1.165, 1.54) is 52.0 Å². The van der Waals surface area contributed by atoms with Crippen molar-refractivity contribution in [1.29, 1.82) is 0 Å². The van der Waals surface area contributed by atoms with E-state index in [0.717, 1.165) is 11.8 Å². The summed E-state index contributed by atoms with van der Waals surface area (Å²) < 4.78 is 0. The third-order valence-corrected chi connectivity index (χ3v) is 4.25. The van der Waals surface area contributed by atoms with Crippen LogP contribution in [-0.2, 0) is 0 Å². The molecule has 1 aliphatic carbocycles. The lowest BCUT2D eigenvalue weighted by Crippen LogP contribution is -2.42. The molecule has 0 aromatic heterocycles. The third kappa shape index (κ3) is 3.72. The summed E-state index contributed by atoms with van der Waals surface area (Å²) in [7, 11) is 2.26. The highest BCUT2D eigenvalue weighted by Gasteiger charge is 2.33. The van der Waals surface area contributed by atoms with E-state index in [2.05, 4.69) is 23.8 Å². The Balaban J connectivity index is 1.56. The molecule has 1 saturated carbocycles. The highest BCUT2D eigenvalue weighted by Crippen LogP contribution is 2.37. The van der Waals surface area contributed by atoms with Crippen LogP contribution in [0.25, 0.3) is 0 Å². The van der Waals surface area contributed by atoms with Gasteiger partial charge in [0.25, 0.3) is 0 Å². The third-order valence-electron chi connectivity index (χ3n) is 4.25. The summed E-state index contributed by atoms with van der Waals surface area (Å²) in [5.41, 5.74) is 5.91. The Kier molecular flexibility index (Phi) is 4.22. The molecule has 94 valence electrons. The van der Waals surface area contributed by atoms with Gasteiger partial charge in [-0.3, -0.25) is 0 Å². The van der Waals surface area contributed by atoms with E-state index < -0.39 is 0 Å². The maximum atomic E-state index is 5.91. The Hall–Kier alpha value is -0.120. The highest BCUT2D eigenvalue weighted by molar-refractivity contribution is 4.84. The predicted octanol–water partition coefficient (Wildman–Crippen LogP) is 0.997. The first kappa shape index (κ1) is 12.3. The summed E-state index contributed by atoms with van der Waals surface area (Å²) in [4.78, 5) is 5.07. The fourth-order valence-corrected chi connectivity index (χ4v) is 2.63. The minimum Gasteiger partial charge on any atom is -0.328 e. The van der Waals surface area contributed by atoms with Crippen molar-refractivity contribution >= 4 is 0 Å². The molecular formula is C13H27N3. The Labute approximate surface area is 100.0 Å². The Morgan fingerprint density at radius 3 is 2.50 bits per heavy atom. The second kappa shape index (κ2) is 5.48. The van der Waals surface area contributed by atoms with E-state index in [4.69, 9.17) is 5.73 Å². The van der Waals surface area contributed by atoms with Gasteiger partial charge in [0.2, 0.25) is 0 Å². The van der Waals surface area contributed by atoms with E-state index in [0.29, 0.717) is 6.04 Å². The quantitative estimate of drug-likeness (QED) is 0.757. The zero-order chi connectivity index (χ0) is 11.5. The molecular weight excluding hydrogens is 198 g/mol. The van der Waals surface area contributed by atoms with Crippen molar-refractivity contribution in [2.75, 3.05) is 39.8 Å². The molecule has 0 aromatic rings. The average Bonchev–Trinajstić information content (AvgIpc) is 2.93. The molecule has 0 aromatic carbocycles. The smallest absolute Gasteiger partial charge is 0.0109 e. The number of rotatable bonds is 5. The summed E-state index contributed by atoms with van der Waals surface area (Å²) in [5.74, 6) is 1.97. The molecule has 0 spiro atoms. The topological polar surface area (TPSA) is 32.5 Å².